The van der Waals surface area contributed by atoms with Crippen molar-refractivity contribution >= 4 is 17.5 Å². The van der Waals surface area contributed by atoms with Gasteiger partial charge < -0.3 is 10.5 Å². The topological polar surface area (TPSA) is 72.6 Å². The van der Waals surface area contributed by atoms with Crippen molar-refractivity contribution in [2.45, 2.75) is 13.8 Å². The third-order valence-corrected chi connectivity index (χ3v) is 3.09. The number of imide groups is 1. The molecule has 1 aromatic rings. The Morgan fingerprint density at radius 1 is 1.05 bits per heavy atom. The Morgan fingerprint density at radius 2 is 1.58 bits per heavy atom. The summed E-state index contributed by atoms with van der Waals surface area (Å²) < 4.78 is 5.34. The summed E-state index contributed by atoms with van der Waals surface area (Å²) in [4.78, 5) is 25.1. The molecule has 2 rings (SSSR count). The van der Waals surface area contributed by atoms with E-state index in [-0.39, 0.29) is 11.8 Å². The van der Waals surface area contributed by atoms with Gasteiger partial charge in [-0.05, 0) is 38.1 Å². The summed E-state index contributed by atoms with van der Waals surface area (Å²) in [6.45, 7) is 4.19. The number of hydrogen-bond donors (Lipinski definition) is 1. The van der Waals surface area contributed by atoms with Gasteiger partial charge in [-0.2, -0.15) is 0 Å². The Bertz CT molecular complexity index is 522. The van der Waals surface area contributed by atoms with E-state index in [0.717, 1.165) is 0 Å². The van der Waals surface area contributed by atoms with Crippen molar-refractivity contribution in [2.24, 2.45) is 5.73 Å². The number of amides is 2. The molecule has 5 heteroatoms. The van der Waals surface area contributed by atoms with Gasteiger partial charge in [0, 0.05) is 17.7 Å². The van der Waals surface area contributed by atoms with E-state index in [9.17, 15) is 9.59 Å². The molecule has 0 aliphatic carbocycles. The zero-order valence-corrected chi connectivity index (χ0v) is 11.0. The molecule has 1 aliphatic rings. The molecular formula is C14H16N2O3. The Hall–Kier alpha value is -2.14. The fourth-order valence-corrected chi connectivity index (χ4v) is 1.85. The van der Waals surface area contributed by atoms with Gasteiger partial charge in [-0.25, -0.2) is 4.90 Å². The first kappa shape index (κ1) is 13.3. The quantitative estimate of drug-likeness (QED) is 0.826. The van der Waals surface area contributed by atoms with Crippen LogP contribution in [-0.2, 0) is 9.59 Å². The van der Waals surface area contributed by atoms with Crippen LogP contribution in [0.15, 0.2) is 35.4 Å². The van der Waals surface area contributed by atoms with E-state index in [1.54, 1.807) is 38.1 Å². The minimum atomic E-state index is -0.266. The Balaban J connectivity index is 2.20. The van der Waals surface area contributed by atoms with Crippen molar-refractivity contribution in [1.29, 1.82) is 0 Å². The van der Waals surface area contributed by atoms with Crippen molar-refractivity contribution in [3.63, 3.8) is 0 Å². The summed E-state index contributed by atoms with van der Waals surface area (Å²) in [6.07, 6.45) is 0. The first-order valence-electron chi connectivity index (χ1n) is 6.05. The van der Waals surface area contributed by atoms with Crippen molar-refractivity contribution in [3.8, 4) is 5.75 Å². The molecule has 2 amide bonds. The molecule has 100 valence electrons. The number of carbonyl (C=O) groups excluding carboxylic acids is 2. The predicted molar refractivity (Wildman–Crippen MR) is 71.9 cm³/mol. The maximum atomic E-state index is 12.0. The average molecular weight is 260 g/mol. The molecule has 0 fully saturated rings. The van der Waals surface area contributed by atoms with Gasteiger partial charge in [0.1, 0.15) is 12.4 Å². The lowest BCUT2D eigenvalue weighted by Gasteiger charge is -2.15. The van der Waals surface area contributed by atoms with Crippen molar-refractivity contribution in [1.82, 2.24) is 0 Å². The molecule has 0 unspecified atom stereocenters. The Morgan fingerprint density at radius 3 is 2.05 bits per heavy atom. The number of benzene rings is 1. The van der Waals surface area contributed by atoms with Gasteiger partial charge in [-0.3, -0.25) is 9.59 Å². The monoisotopic (exact) mass is 260 g/mol. The van der Waals surface area contributed by atoms with Crippen molar-refractivity contribution in [3.05, 3.63) is 35.4 Å². The predicted octanol–water partition coefficient (Wildman–Crippen LogP) is 1.23. The summed E-state index contributed by atoms with van der Waals surface area (Å²) in [5.74, 6) is 0.131. The zero-order valence-electron chi connectivity index (χ0n) is 11.0. The number of hydrogen-bond acceptors (Lipinski definition) is 4. The molecule has 2 N–H and O–H groups in total. The highest BCUT2D eigenvalue weighted by Crippen LogP contribution is 2.27. The second-order valence-corrected chi connectivity index (χ2v) is 4.33. The maximum absolute atomic E-state index is 12.0. The minimum Gasteiger partial charge on any atom is -0.492 e. The second-order valence-electron chi connectivity index (χ2n) is 4.33. The van der Waals surface area contributed by atoms with Crippen molar-refractivity contribution < 1.29 is 14.3 Å². The first-order chi connectivity index (χ1) is 9.06. The summed E-state index contributed by atoms with van der Waals surface area (Å²) in [5.41, 5.74) is 6.88. The molecule has 0 saturated heterocycles. The van der Waals surface area contributed by atoms with Crippen LogP contribution >= 0.6 is 0 Å². The third kappa shape index (κ3) is 2.37. The summed E-state index contributed by atoms with van der Waals surface area (Å²) in [7, 11) is 0. The van der Waals surface area contributed by atoms with Gasteiger partial charge >= 0.3 is 0 Å². The summed E-state index contributed by atoms with van der Waals surface area (Å²) in [5, 5.41) is 0. The fraction of sp³-hybridized carbons (Fsp3) is 0.286. The molecule has 5 nitrogen and oxygen atoms in total. The molecular weight excluding hydrogens is 244 g/mol. The third-order valence-electron chi connectivity index (χ3n) is 3.09. The van der Waals surface area contributed by atoms with E-state index in [2.05, 4.69) is 0 Å². The molecule has 0 spiro atoms. The average Bonchev–Trinajstić information content (AvgIpc) is 2.62. The smallest absolute Gasteiger partial charge is 0.261 e. The fourth-order valence-electron chi connectivity index (χ4n) is 1.85. The number of nitrogens with two attached hydrogens (primary N) is 1. The molecule has 1 aliphatic heterocycles. The van der Waals surface area contributed by atoms with Gasteiger partial charge in [0.05, 0.1) is 5.69 Å². The van der Waals surface area contributed by atoms with Gasteiger partial charge in [0.2, 0.25) is 0 Å². The molecule has 0 aromatic heterocycles. The van der Waals surface area contributed by atoms with Crippen LogP contribution in [0.3, 0.4) is 0 Å². The lowest BCUT2D eigenvalue weighted by atomic mass is 10.2. The lowest BCUT2D eigenvalue weighted by molar-refractivity contribution is -0.120. The second kappa shape index (κ2) is 5.24. The molecule has 0 atom stereocenters. The van der Waals surface area contributed by atoms with Gasteiger partial charge in [0.25, 0.3) is 11.8 Å². The van der Waals surface area contributed by atoms with Crippen LogP contribution in [0.5, 0.6) is 5.75 Å². The molecule has 0 radical (unpaired) electrons. The van der Waals surface area contributed by atoms with Crippen LogP contribution in [0.1, 0.15) is 13.8 Å². The number of carbonyl (C=O) groups is 2. The number of ether oxygens (including phenoxy) is 1. The lowest BCUT2D eigenvalue weighted by Crippen LogP contribution is -2.31. The van der Waals surface area contributed by atoms with E-state index in [0.29, 0.717) is 35.7 Å². The zero-order chi connectivity index (χ0) is 14.0. The standard InChI is InChI=1S/C14H16N2O3/c1-9-10(2)14(18)16(13(9)17)11-3-5-12(6-4-11)19-8-7-15/h3-6H,7-8,15H2,1-2H3. The number of anilines is 1. The number of rotatable bonds is 4. The highest BCUT2D eigenvalue weighted by molar-refractivity contribution is 6.32. The highest BCUT2D eigenvalue weighted by Gasteiger charge is 2.34. The molecule has 0 saturated carbocycles. The van der Waals surface area contributed by atoms with Gasteiger partial charge in [0.15, 0.2) is 0 Å². The summed E-state index contributed by atoms with van der Waals surface area (Å²) >= 11 is 0. The molecule has 19 heavy (non-hydrogen) atoms. The van der Waals surface area contributed by atoms with E-state index in [4.69, 9.17) is 10.5 Å². The van der Waals surface area contributed by atoms with Crippen LogP contribution in [-0.4, -0.2) is 25.0 Å². The summed E-state index contributed by atoms with van der Waals surface area (Å²) in [6, 6.07) is 6.81. The molecule has 1 aromatic carbocycles. The van der Waals surface area contributed by atoms with E-state index >= 15 is 0 Å². The van der Waals surface area contributed by atoms with Crippen LogP contribution in [0, 0.1) is 0 Å². The van der Waals surface area contributed by atoms with E-state index in [1.165, 1.54) is 4.90 Å². The van der Waals surface area contributed by atoms with E-state index < -0.39 is 0 Å². The van der Waals surface area contributed by atoms with E-state index in [1.807, 2.05) is 0 Å². The Labute approximate surface area is 111 Å². The van der Waals surface area contributed by atoms with Crippen LogP contribution in [0.4, 0.5) is 5.69 Å². The van der Waals surface area contributed by atoms with Crippen LogP contribution < -0.4 is 15.4 Å². The molecule has 1 heterocycles. The van der Waals surface area contributed by atoms with Gasteiger partial charge in [-0.15, -0.1) is 0 Å². The normalized spacial score (nSPS) is 15.4. The SMILES string of the molecule is CC1=C(C)C(=O)N(c2ccc(OCCN)cc2)C1=O. The minimum absolute atomic E-state index is 0.266. The van der Waals surface area contributed by atoms with Crippen LogP contribution in [0.2, 0.25) is 0 Å². The highest BCUT2D eigenvalue weighted by atomic mass is 16.5. The van der Waals surface area contributed by atoms with Gasteiger partial charge in [-0.1, -0.05) is 0 Å². The first-order valence-corrected chi connectivity index (χ1v) is 6.05. The Kier molecular flexibility index (Phi) is 3.66. The van der Waals surface area contributed by atoms with Crippen LogP contribution in [0.25, 0.3) is 0 Å². The maximum Gasteiger partial charge on any atom is 0.261 e. The largest absolute Gasteiger partial charge is 0.492 e. The molecule has 0 bridgehead atoms. The number of nitrogens with zero attached hydrogens (tertiary/aromatic N) is 1. The van der Waals surface area contributed by atoms with Crippen molar-refractivity contribution in [2.75, 3.05) is 18.1 Å².